The minimum atomic E-state index is -1.15. The molecule has 2 amide bonds. The number of aliphatic carboxylic acids is 1. The Morgan fingerprint density at radius 1 is 1.14 bits per heavy atom. The summed E-state index contributed by atoms with van der Waals surface area (Å²) in [6, 6.07) is -2.88. The fourth-order valence-corrected chi connectivity index (χ4v) is 3.36. The van der Waals surface area contributed by atoms with E-state index in [1.807, 2.05) is 0 Å². The number of carboxylic acid groups (broad SMARTS) is 1. The minimum Gasteiger partial charge on any atom is -0.480 e. The Bertz CT molecular complexity index is 641. The second-order valence-corrected chi connectivity index (χ2v) is 8.29. The molecule has 0 aromatic heterocycles. The van der Waals surface area contributed by atoms with Crippen LogP contribution >= 0.6 is 0 Å². The van der Waals surface area contributed by atoms with Crippen LogP contribution in [-0.2, 0) is 28.6 Å². The fourth-order valence-electron chi connectivity index (χ4n) is 3.36. The van der Waals surface area contributed by atoms with E-state index >= 15 is 0 Å². The van der Waals surface area contributed by atoms with E-state index in [4.69, 9.17) is 25.1 Å². The molecular weight excluding hydrogens is 386 g/mol. The SMILES string of the molecule is CC(C)[C@H](NC(=O)[C@H](C)NC(=O)C[C@@H](N)C1O[C@@H]2OC(C)(C)O[C@@H]2[C@H]1O)C(=O)O. The highest BCUT2D eigenvalue weighted by Crippen LogP contribution is 2.38. The van der Waals surface area contributed by atoms with E-state index in [0.717, 1.165) is 0 Å². The first-order chi connectivity index (χ1) is 13.3. The van der Waals surface area contributed by atoms with Gasteiger partial charge in [0, 0.05) is 12.5 Å². The van der Waals surface area contributed by atoms with Crippen molar-refractivity contribution in [2.24, 2.45) is 11.7 Å². The Hall–Kier alpha value is -1.79. The zero-order chi connectivity index (χ0) is 22.1. The lowest BCUT2D eigenvalue weighted by molar-refractivity contribution is -0.217. The summed E-state index contributed by atoms with van der Waals surface area (Å²) in [5.74, 6) is -3.51. The zero-order valence-corrected chi connectivity index (χ0v) is 17.2. The van der Waals surface area contributed by atoms with Gasteiger partial charge in [-0.15, -0.1) is 0 Å². The number of carbonyl (C=O) groups excluding carboxylic acids is 2. The Labute approximate surface area is 169 Å². The van der Waals surface area contributed by atoms with Gasteiger partial charge in [0.1, 0.15) is 30.4 Å². The standard InChI is InChI=1S/C18H31N3O8/c1-7(2)11(16(25)26)21-15(24)8(3)20-10(22)6-9(19)13-12(23)14-17(27-13)29-18(4,5)28-14/h7-9,11-14,17,23H,6,19H2,1-5H3,(H,20,22)(H,21,24)(H,25,26)/t8-,9+,11-,12-,13?,14+,17+/m0/s1. The van der Waals surface area contributed by atoms with E-state index < -0.39 is 66.3 Å². The Morgan fingerprint density at radius 3 is 2.28 bits per heavy atom. The molecule has 11 heteroatoms. The van der Waals surface area contributed by atoms with Crippen molar-refractivity contribution >= 4 is 17.8 Å². The summed E-state index contributed by atoms with van der Waals surface area (Å²) in [7, 11) is 0. The maximum atomic E-state index is 12.2. The van der Waals surface area contributed by atoms with Crippen LogP contribution in [0, 0.1) is 5.92 Å². The van der Waals surface area contributed by atoms with Gasteiger partial charge in [0.15, 0.2) is 12.1 Å². The molecule has 6 N–H and O–H groups in total. The van der Waals surface area contributed by atoms with Crippen molar-refractivity contribution < 1.29 is 38.8 Å². The molecule has 0 aliphatic carbocycles. The predicted octanol–water partition coefficient (Wildman–Crippen LogP) is -1.33. The number of ether oxygens (including phenoxy) is 3. The summed E-state index contributed by atoms with van der Waals surface area (Å²) in [4.78, 5) is 35.6. The number of fused-ring (bicyclic) bond motifs is 1. The predicted molar refractivity (Wildman–Crippen MR) is 99.3 cm³/mol. The molecular formula is C18H31N3O8. The molecule has 1 unspecified atom stereocenters. The van der Waals surface area contributed by atoms with Gasteiger partial charge < -0.3 is 40.8 Å². The van der Waals surface area contributed by atoms with Crippen molar-refractivity contribution in [2.75, 3.05) is 0 Å². The molecule has 7 atom stereocenters. The third kappa shape index (κ3) is 5.64. The van der Waals surface area contributed by atoms with Crippen LogP contribution in [0.15, 0.2) is 0 Å². The summed E-state index contributed by atoms with van der Waals surface area (Å²) in [6.07, 6.45) is -3.61. The van der Waals surface area contributed by atoms with Gasteiger partial charge in [-0.3, -0.25) is 9.59 Å². The topological polar surface area (TPSA) is 169 Å². The van der Waals surface area contributed by atoms with Crippen LogP contribution in [0.1, 0.15) is 41.0 Å². The average molecular weight is 417 g/mol. The van der Waals surface area contributed by atoms with E-state index in [9.17, 15) is 19.5 Å². The third-order valence-corrected chi connectivity index (χ3v) is 4.90. The van der Waals surface area contributed by atoms with Crippen molar-refractivity contribution in [3.05, 3.63) is 0 Å². The van der Waals surface area contributed by atoms with Crippen LogP contribution in [0.5, 0.6) is 0 Å². The van der Waals surface area contributed by atoms with Crippen LogP contribution in [0.4, 0.5) is 0 Å². The van der Waals surface area contributed by atoms with Gasteiger partial charge in [0.25, 0.3) is 0 Å². The zero-order valence-electron chi connectivity index (χ0n) is 17.2. The third-order valence-electron chi connectivity index (χ3n) is 4.90. The molecule has 2 saturated heterocycles. The summed E-state index contributed by atoms with van der Waals surface area (Å²) >= 11 is 0. The molecule has 0 saturated carbocycles. The Kier molecular flexibility index (Phi) is 7.23. The molecule has 29 heavy (non-hydrogen) atoms. The summed E-state index contributed by atoms with van der Waals surface area (Å²) in [6.45, 7) is 8.16. The molecule has 0 aromatic rings. The van der Waals surface area contributed by atoms with Crippen LogP contribution in [0.2, 0.25) is 0 Å². The van der Waals surface area contributed by atoms with E-state index in [-0.39, 0.29) is 12.3 Å². The molecule has 2 aliphatic rings. The summed E-state index contributed by atoms with van der Waals surface area (Å²) < 4.78 is 16.7. The number of carbonyl (C=O) groups is 3. The molecule has 0 radical (unpaired) electrons. The Morgan fingerprint density at radius 2 is 1.76 bits per heavy atom. The summed E-state index contributed by atoms with van der Waals surface area (Å²) in [5, 5.41) is 24.4. The summed E-state index contributed by atoms with van der Waals surface area (Å²) in [5.41, 5.74) is 6.02. The average Bonchev–Trinajstić information content (AvgIpc) is 3.04. The molecule has 2 aliphatic heterocycles. The molecule has 2 rings (SSSR count). The lowest BCUT2D eigenvalue weighted by Gasteiger charge is -2.26. The Balaban J connectivity index is 1.84. The van der Waals surface area contributed by atoms with Gasteiger partial charge in [0.2, 0.25) is 11.8 Å². The number of carboxylic acids is 1. The number of nitrogens with one attached hydrogen (secondary N) is 2. The minimum absolute atomic E-state index is 0.214. The first-order valence-electron chi connectivity index (χ1n) is 9.59. The molecule has 166 valence electrons. The van der Waals surface area contributed by atoms with Crippen molar-refractivity contribution in [3.8, 4) is 0 Å². The molecule has 0 aromatic carbocycles. The number of aliphatic hydroxyl groups excluding tert-OH is 1. The number of rotatable bonds is 8. The van der Waals surface area contributed by atoms with E-state index in [1.165, 1.54) is 6.92 Å². The van der Waals surface area contributed by atoms with Gasteiger partial charge in [-0.25, -0.2) is 4.79 Å². The quantitative estimate of drug-likeness (QED) is 0.321. The number of hydrogen-bond donors (Lipinski definition) is 5. The number of aliphatic hydroxyl groups is 1. The number of nitrogens with two attached hydrogens (primary N) is 1. The molecule has 2 heterocycles. The maximum absolute atomic E-state index is 12.2. The monoisotopic (exact) mass is 417 g/mol. The van der Waals surface area contributed by atoms with E-state index in [1.54, 1.807) is 27.7 Å². The van der Waals surface area contributed by atoms with Crippen LogP contribution in [0.3, 0.4) is 0 Å². The lowest BCUT2D eigenvalue weighted by atomic mass is 10.0. The second kappa shape index (κ2) is 8.92. The van der Waals surface area contributed by atoms with Crippen LogP contribution in [-0.4, -0.2) is 76.5 Å². The van der Waals surface area contributed by atoms with Crippen molar-refractivity contribution in [2.45, 2.75) is 89.6 Å². The van der Waals surface area contributed by atoms with Crippen molar-refractivity contribution in [1.82, 2.24) is 10.6 Å². The van der Waals surface area contributed by atoms with Gasteiger partial charge in [0.05, 0.1) is 0 Å². The first kappa shape index (κ1) is 23.5. The van der Waals surface area contributed by atoms with E-state index in [2.05, 4.69) is 10.6 Å². The fraction of sp³-hybridized carbons (Fsp3) is 0.833. The molecule has 11 nitrogen and oxygen atoms in total. The first-order valence-corrected chi connectivity index (χ1v) is 9.59. The van der Waals surface area contributed by atoms with Gasteiger partial charge in [-0.05, 0) is 26.7 Å². The lowest BCUT2D eigenvalue weighted by Crippen LogP contribution is -2.53. The maximum Gasteiger partial charge on any atom is 0.326 e. The smallest absolute Gasteiger partial charge is 0.326 e. The second-order valence-electron chi connectivity index (χ2n) is 8.29. The highest BCUT2D eigenvalue weighted by molar-refractivity contribution is 5.90. The van der Waals surface area contributed by atoms with E-state index in [0.29, 0.717) is 0 Å². The van der Waals surface area contributed by atoms with Crippen molar-refractivity contribution in [3.63, 3.8) is 0 Å². The molecule has 0 spiro atoms. The van der Waals surface area contributed by atoms with Crippen LogP contribution in [0.25, 0.3) is 0 Å². The van der Waals surface area contributed by atoms with Crippen LogP contribution < -0.4 is 16.4 Å². The van der Waals surface area contributed by atoms with Gasteiger partial charge >= 0.3 is 5.97 Å². The number of hydrogen-bond acceptors (Lipinski definition) is 8. The van der Waals surface area contributed by atoms with Gasteiger partial charge in [-0.1, -0.05) is 13.8 Å². The van der Waals surface area contributed by atoms with Gasteiger partial charge in [-0.2, -0.15) is 0 Å². The number of amides is 2. The molecule has 2 fully saturated rings. The highest BCUT2D eigenvalue weighted by Gasteiger charge is 2.55. The normalized spacial score (nSPS) is 31.0. The van der Waals surface area contributed by atoms with Crippen molar-refractivity contribution in [1.29, 1.82) is 0 Å². The molecule has 0 bridgehead atoms. The highest BCUT2D eigenvalue weighted by atomic mass is 16.8. The largest absolute Gasteiger partial charge is 0.480 e.